The van der Waals surface area contributed by atoms with Gasteiger partial charge in [-0.2, -0.15) is 10.1 Å². The van der Waals surface area contributed by atoms with Gasteiger partial charge in [0.25, 0.3) is 11.9 Å². The lowest BCUT2D eigenvalue weighted by Crippen LogP contribution is -2.49. The van der Waals surface area contributed by atoms with Crippen LogP contribution in [-0.4, -0.2) is 73.3 Å². The maximum absolute atomic E-state index is 6.21. The molecule has 3 rings (SSSR count). The summed E-state index contributed by atoms with van der Waals surface area (Å²) in [7, 11) is 7.59. The Morgan fingerprint density at radius 3 is 2.37 bits per heavy atom. The summed E-state index contributed by atoms with van der Waals surface area (Å²) in [6, 6.07) is 14.5. The first-order valence-electron chi connectivity index (χ1n) is 9.76. The predicted octanol–water partition coefficient (Wildman–Crippen LogP) is 3.21. The van der Waals surface area contributed by atoms with Crippen molar-refractivity contribution >= 4 is 35.4 Å². The molecule has 1 aliphatic heterocycles. The molecule has 0 bridgehead atoms. The molecule has 0 radical (unpaired) electrons. The van der Waals surface area contributed by atoms with E-state index in [9.17, 15) is 0 Å². The first-order chi connectivity index (χ1) is 14.3. The van der Waals surface area contributed by atoms with Gasteiger partial charge in [-0.05, 0) is 30.2 Å². The molecule has 0 N–H and O–H groups in total. The van der Waals surface area contributed by atoms with Gasteiger partial charge in [-0.15, -0.1) is 0 Å². The van der Waals surface area contributed by atoms with E-state index in [1.807, 2.05) is 70.0 Å². The summed E-state index contributed by atoms with van der Waals surface area (Å²) in [5.41, 5.74) is 0.352. The Morgan fingerprint density at radius 1 is 0.967 bits per heavy atom. The zero-order valence-electron chi connectivity index (χ0n) is 18.4. The molecule has 0 saturated heterocycles. The van der Waals surface area contributed by atoms with Crippen LogP contribution in [0.1, 0.15) is 19.4 Å². The first kappa shape index (κ1) is 21.4. The standard InChI is InChI=1S/C22H29N7O/c1-22(2)26-20(23-15-27(3)4)25-21(24-16-28(5)6)29(22)30-14-18-12-9-11-17-10-7-8-13-19(17)18/h7-13,15-16H,14H2,1-6H3/b23-15+,24-16+. The largest absolute Gasteiger partial charge is 0.369 e. The van der Waals surface area contributed by atoms with Crippen LogP contribution in [0.4, 0.5) is 0 Å². The third-order valence-electron chi connectivity index (χ3n) is 4.29. The highest BCUT2D eigenvalue weighted by Gasteiger charge is 2.35. The molecule has 0 saturated carbocycles. The second-order valence-electron chi connectivity index (χ2n) is 7.94. The third kappa shape index (κ3) is 5.21. The molecule has 30 heavy (non-hydrogen) atoms. The Morgan fingerprint density at radius 2 is 1.63 bits per heavy atom. The minimum absolute atomic E-state index is 0.351. The molecule has 8 heteroatoms. The number of benzene rings is 2. The molecule has 1 heterocycles. The van der Waals surface area contributed by atoms with Crippen LogP contribution < -0.4 is 0 Å². The predicted molar refractivity (Wildman–Crippen MR) is 124 cm³/mol. The first-order valence-corrected chi connectivity index (χ1v) is 9.76. The van der Waals surface area contributed by atoms with Gasteiger partial charge in [0.1, 0.15) is 6.61 Å². The number of aliphatic imine (C=N–C) groups is 4. The molecule has 0 amide bonds. The van der Waals surface area contributed by atoms with Crippen LogP contribution in [-0.2, 0) is 11.4 Å². The SMILES string of the molecule is CN(C)/C=N/C1=NC(C)(C)N(OCc2cccc3ccccc23)C(/N=C/N(C)C)=N1. The quantitative estimate of drug-likeness (QED) is 0.564. The maximum atomic E-state index is 6.21. The van der Waals surface area contributed by atoms with Gasteiger partial charge in [-0.3, -0.25) is 4.84 Å². The zero-order valence-corrected chi connectivity index (χ0v) is 18.4. The van der Waals surface area contributed by atoms with Crippen molar-refractivity contribution in [2.24, 2.45) is 20.0 Å². The second-order valence-corrected chi connectivity index (χ2v) is 7.94. The number of fused-ring (bicyclic) bond motifs is 1. The van der Waals surface area contributed by atoms with E-state index >= 15 is 0 Å². The summed E-state index contributed by atoms with van der Waals surface area (Å²) in [4.78, 5) is 27.9. The van der Waals surface area contributed by atoms with Crippen molar-refractivity contribution in [2.45, 2.75) is 26.1 Å². The van der Waals surface area contributed by atoms with Crippen LogP contribution in [0, 0.1) is 0 Å². The molecule has 0 atom stereocenters. The van der Waals surface area contributed by atoms with Crippen molar-refractivity contribution < 1.29 is 4.84 Å². The van der Waals surface area contributed by atoms with E-state index in [2.05, 4.69) is 44.2 Å². The summed E-state index contributed by atoms with van der Waals surface area (Å²) in [5.74, 6) is 0.749. The minimum atomic E-state index is -0.732. The Hall–Kier alpha value is -3.26. The van der Waals surface area contributed by atoms with Gasteiger partial charge in [-0.25, -0.2) is 15.0 Å². The number of hydrogen-bond donors (Lipinski definition) is 0. The summed E-state index contributed by atoms with van der Waals surface area (Å²) in [6.07, 6.45) is 3.35. The lowest BCUT2D eigenvalue weighted by molar-refractivity contribution is -0.166. The molecule has 0 aliphatic carbocycles. The fraction of sp³-hybridized carbons (Fsp3) is 0.364. The number of hydroxylamine groups is 2. The van der Waals surface area contributed by atoms with Crippen LogP contribution in [0.3, 0.4) is 0 Å². The lowest BCUT2D eigenvalue weighted by atomic mass is 10.1. The van der Waals surface area contributed by atoms with Crippen LogP contribution in [0.5, 0.6) is 0 Å². The summed E-state index contributed by atoms with van der Waals surface area (Å²) < 4.78 is 0. The molecule has 8 nitrogen and oxygen atoms in total. The number of nitrogens with zero attached hydrogens (tertiary/aromatic N) is 7. The van der Waals surface area contributed by atoms with E-state index in [1.165, 1.54) is 5.39 Å². The Balaban J connectivity index is 1.90. The van der Waals surface area contributed by atoms with Gasteiger partial charge in [0.05, 0.1) is 12.7 Å². The van der Waals surface area contributed by atoms with Gasteiger partial charge in [-0.1, -0.05) is 42.5 Å². The van der Waals surface area contributed by atoms with Crippen molar-refractivity contribution in [3.05, 3.63) is 48.0 Å². The zero-order chi connectivity index (χ0) is 21.7. The molecule has 0 aromatic heterocycles. The van der Waals surface area contributed by atoms with Gasteiger partial charge >= 0.3 is 0 Å². The number of hydrogen-bond acceptors (Lipinski definition) is 6. The highest BCUT2D eigenvalue weighted by molar-refractivity contribution is 6.01. The van der Waals surface area contributed by atoms with E-state index in [0.717, 1.165) is 10.9 Å². The molecule has 2 aromatic carbocycles. The van der Waals surface area contributed by atoms with Crippen LogP contribution in [0.2, 0.25) is 0 Å². The maximum Gasteiger partial charge on any atom is 0.256 e. The van der Waals surface area contributed by atoms with Crippen molar-refractivity contribution in [1.82, 2.24) is 14.9 Å². The lowest BCUT2D eigenvalue weighted by Gasteiger charge is -2.36. The fourth-order valence-electron chi connectivity index (χ4n) is 2.94. The minimum Gasteiger partial charge on any atom is -0.369 e. The topological polar surface area (TPSA) is 68.4 Å². The average molecular weight is 408 g/mol. The van der Waals surface area contributed by atoms with Crippen LogP contribution >= 0.6 is 0 Å². The molecule has 2 aromatic rings. The molecule has 0 spiro atoms. The summed E-state index contributed by atoms with van der Waals surface area (Å²) in [6.45, 7) is 4.26. The Labute approximate surface area is 177 Å². The Kier molecular flexibility index (Phi) is 6.47. The van der Waals surface area contributed by atoms with Crippen LogP contribution in [0.25, 0.3) is 10.8 Å². The highest BCUT2D eigenvalue weighted by atomic mass is 16.7. The molecule has 1 aliphatic rings. The second kappa shape index (κ2) is 9.04. The van der Waals surface area contributed by atoms with E-state index in [-0.39, 0.29) is 0 Å². The van der Waals surface area contributed by atoms with E-state index in [4.69, 9.17) is 4.84 Å². The summed E-state index contributed by atoms with van der Waals surface area (Å²) in [5, 5.41) is 3.97. The average Bonchev–Trinajstić information content (AvgIpc) is 2.69. The highest BCUT2D eigenvalue weighted by Crippen LogP contribution is 2.25. The summed E-state index contributed by atoms with van der Waals surface area (Å²) >= 11 is 0. The van der Waals surface area contributed by atoms with Crippen molar-refractivity contribution in [3.63, 3.8) is 0 Å². The molecular weight excluding hydrogens is 378 g/mol. The third-order valence-corrected chi connectivity index (χ3v) is 4.29. The van der Waals surface area contributed by atoms with Gasteiger partial charge < -0.3 is 9.80 Å². The molecule has 0 unspecified atom stereocenters. The molecule has 158 valence electrons. The van der Waals surface area contributed by atoms with E-state index < -0.39 is 5.66 Å². The van der Waals surface area contributed by atoms with E-state index in [1.54, 1.807) is 17.7 Å². The van der Waals surface area contributed by atoms with Crippen molar-refractivity contribution in [1.29, 1.82) is 0 Å². The molecule has 0 fully saturated rings. The molecular formula is C22H29N7O. The smallest absolute Gasteiger partial charge is 0.256 e. The van der Waals surface area contributed by atoms with Crippen LogP contribution in [0.15, 0.2) is 62.4 Å². The monoisotopic (exact) mass is 407 g/mol. The van der Waals surface area contributed by atoms with E-state index in [0.29, 0.717) is 18.5 Å². The van der Waals surface area contributed by atoms with Gasteiger partial charge in [0.2, 0.25) is 0 Å². The van der Waals surface area contributed by atoms with Gasteiger partial charge in [0, 0.05) is 28.2 Å². The van der Waals surface area contributed by atoms with Crippen molar-refractivity contribution in [2.75, 3.05) is 28.2 Å². The Bertz CT molecular complexity index is 1000. The van der Waals surface area contributed by atoms with Crippen molar-refractivity contribution in [3.8, 4) is 0 Å². The normalized spacial score (nSPS) is 16.3. The fourth-order valence-corrected chi connectivity index (χ4v) is 2.94. The number of rotatable bonds is 5. The van der Waals surface area contributed by atoms with Gasteiger partial charge in [0.15, 0.2) is 5.66 Å². The number of guanidine groups is 2.